The van der Waals surface area contributed by atoms with Gasteiger partial charge in [-0.2, -0.15) is 0 Å². The van der Waals surface area contributed by atoms with E-state index in [0.29, 0.717) is 13.1 Å². The smallest absolute Gasteiger partial charge is 0.312 e. The number of likely N-dealkylation sites (tertiary alicyclic amines) is 1. The molecule has 1 aromatic carbocycles. The first-order chi connectivity index (χ1) is 11.1. The van der Waals surface area contributed by atoms with Crippen LogP contribution < -0.4 is 0 Å². The Morgan fingerprint density at radius 2 is 2.17 bits per heavy atom. The third-order valence-electron chi connectivity index (χ3n) is 5.17. The van der Waals surface area contributed by atoms with Gasteiger partial charge in [-0.1, -0.05) is 42.5 Å². The molecule has 4 atom stereocenters. The van der Waals surface area contributed by atoms with Gasteiger partial charge in [-0.05, 0) is 12.0 Å². The predicted molar refractivity (Wildman–Crippen MR) is 82.5 cm³/mol. The molecule has 0 unspecified atom stereocenters. The van der Waals surface area contributed by atoms with Crippen LogP contribution in [-0.4, -0.2) is 48.7 Å². The zero-order valence-corrected chi connectivity index (χ0v) is 13.0. The molecule has 23 heavy (non-hydrogen) atoms. The maximum Gasteiger partial charge on any atom is 0.312 e. The van der Waals surface area contributed by atoms with Gasteiger partial charge in [0.1, 0.15) is 11.5 Å². The number of methoxy groups -OCH3 is 1. The predicted octanol–water partition coefficient (Wildman–Crippen LogP) is 1.18. The minimum absolute atomic E-state index is 0.00295. The van der Waals surface area contributed by atoms with E-state index in [1.54, 1.807) is 0 Å². The molecular formula is C18H19NO4. The third-order valence-corrected chi connectivity index (χ3v) is 5.17. The first kappa shape index (κ1) is 14.5. The summed E-state index contributed by atoms with van der Waals surface area (Å²) in [4.78, 5) is 26.7. The number of rotatable bonds is 4. The minimum atomic E-state index is -0.642. The Labute approximate surface area is 134 Å². The molecule has 3 aliphatic heterocycles. The van der Waals surface area contributed by atoms with Crippen molar-refractivity contribution in [2.75, 3.05) is 20.2 Å². The summed E-state index contributed by atoms with van der Waals surface area (Å²) in [6.07, 6.45) is 4.33. The molecule has 2 saturated heterocycles. The van der Waals surface area contributed by atoms with Gasteiger partial charge in [0.25, 0.3) is 0 Å². The first-order valence-electron chi connectivity index (χ1n) is 7.92. The lowest BCUT2D eigenvalue weighted by atomic mass is 9.77. The fourth-order valence-corrected chi connectivity index (χ4v) is 4.08. The largest absolute Gasteiger partial charge is 0.469 e. The molecule has 0 aromatic heterocycles. The monoisotopic (exact) mass is 313 g/mol. The standard InChI is InChI=1S/C18H19NO4/c1-22-17(21)14-13-7-9-18(23-13)11-19(16(20)15(14)18)10-8-12-5-3-2-4-6-12/h2-7,9,13-15H,8,10-11H2,1H3/t13-,14+,15+,18+/m1/s1. The number of ether oxygens (including phenoxy) is 2. The van der Waals surface area contributed by atoms with E-state index < -0.39 is 17.4 Å². The number of nitrogens with zero attached hydrogens (tertiary/aromatic N) is 1. The summed E-state index contributed by atoms with van der Waals surface area (Å²) in [5, 5.41) is 0. The SMILES string of the molecule is COC(=O)[C@@H]1[C@H]2C(=O)N(CCc3ccccc3)C[C@@]23C=C[C@H]1O3. The summed E-state index contributed by atoms with van der Waals surface area (Å²) in [6.45, 7) is 1.15. The van der Waals surface area contributed by atoms with Gasteiger partial charge in [-0.15, -0.1) is 0 Å². The zero-order valence-electron chi connectivity index (χ0n) is 13.0. The number of fused-ring (bicyclic) bond motifs is 1. The summed E-state index contributed by atoms with van der Waals surface area (Å²) in [5.41, 5.74) is 0.553. The van der Waals surface area contributed by atoms with Gasteiger partial charge in [0.15, 0.2) is 0 Å². The molecule has 0 aliphatic carbocycles. The van der Waals surface area contributed by atoms with E-state index in [0.717, 1.165) is 6.42 Å². The Balaban J connectivity index is 1.52. The number of hydrogen-bond acceptors (Lipinski definition) is 4. The molecule has 1 spiro atoms. The van der Waals surface area contributed by atoms with Crippen molar-refractivity contribution in [2.24, 2.45) is 11.8 Å². The van der Waals surface area contributed by atoms with Crippen LogP contribution in [0.3, 0.4) is 0 Å². The lowest BCUT2D eigenvalue weighted by molar-refractivity contribution is -0.151. The molecule has 0 N–H and O–H groups in total. The van der Waals surface area contributed by atoms with E-state index in [2.05, 4.69) is 12.1 Å². The summed E-state index contributed by atoms with van der Waals surface area (Å²) in [5.74, 6) is -1.31. The van der Waals surface area contributed by atoms with Gasteiger partial charge in [0, 0.05) is 6.54 Å². The third kappa shape index (κ3) is 2.10. The average Bonchev–Trinajstić information content (AvgIpc) is 3.21. The molecule has 2 fully saturated rings. The Bertz CT molecular complexity index is 671. The van der Waals surface area contributed by atoms with Gasteiger partial charge in [-0.25, -0.2) is 0 Å². The van der Waals surface area contributed by atoms with E-state index in [9.17, 15) is 9.59 Å². The van der Waals surface area contributed by atoms with Crippen LogP contribution in [0.5, 0.6) is 0 Å². The Hall–Kier alpha value is -2.14. The van der Waals surface area contributed by atoms with Crippen LogP contribution in [0.25, 0.3) is 0 Å². The highest BCUT2D eigenvalue weighted by Gasteiger charge is 2.67. The summed E-state index contributed by atoms with van der Waals surface area (Å²) < 4.78 is 10.9. The molecule has 5 heteroatoms. The lowest BCUT2D eigenvalue weighted by Crippen LogP contribution is -2.39. The van der Waals surface area contributed by atoms with E-state index in [-0.39, 0.29) is 18.0 Å². The molecule has 4 rings (SSSR count). The molecule has 2 bridgehead atoms. The van der Waals surface area contributed by atoms with E-state index in [1.807, 2.05) is 35.3 Å². The van der Waals surface area contributed by atoms with Crippen LogP contribution in [0.4, 0.5) is 0 Å². The molecule has 3 heterocycles. The summed E-state index contributed by atoms with van der Waals surface area (Å²) in [6, 6.07) is 10.1. The zero-order chi connectivity index (χ0) is 16.0. The second kappa shape index (κ2) is 5.20. The topological polar surface area (TPSA) is 55.8 Å². The van der Waals surface area contributed by atoms with Crippen molar-refractivity contribution < 1.29 is 19.1 Å². The van der Waals surface area contributed by atoms with Crippen LogP contribution in [0.1, 0.15) is 5.56 Å². The molecule has 3 aliphatic rings. The van der Waals surface area contributed by atoms with Crippen LogP contribution in [0, 0.1) is 11.8 Å². The molecule has 5 nitrogen and oxygen atoms in total. The molecule has 1 amide bonds. The van der Waals surface area contributed by atoms with Crippen molar-refractivity contribution in [1.29, 1.82) is 0 Å². The molecular weight excluding hydrogens is 294 g/mol. The number of carbonyl (C=O) groups excluding carboxylic acids is 2. The number of amides is 1. The second-order valence-electron chi connectivity index (χ2n) is 6.42. The normalized spacial score (nSPS) is 34.0. The number of benzene rings is 1. The highest BCUT2D eigenvalue weighted by molar-refractivity contribution is 5.91. The van der Waals surface area contributed by atoms with Gasteiger partial charge >= 0.3 is 5.97 Å². The lowest BCUT2D eigenvalue weighted by Gasteiger charge is -2.22. The first-order valence-corrected chi connectivity index (χ1v) is 7.92. The minimum Gasteiger partial charge on any atom is -0.469 e. The highest BCUT2D eigenvalue weighted by Crippen LogP contribution is 2.52. The van der Waals surface area contributed by atoms with Crippen molar-refractivity contribution in [3.8, 4) is 0 Å². The Morgan fingerprint density at radius 3 is 2.91 bits per heavy atom. The molecule has 0 radical (unpaired) electrons. The van der Waals surface area contributed by atoms with Crippen LogP contribution in [-0.2, 0) is 25.5 Å². The van der Waals surface area contributed by atoms with Gasteiger partial charge in [0.05, 0.1) is 25.7 Å². The van der Waals surface area contributed by atoms with Crippen molar-refractivity contribution >= 4 is 11.9 Å². The highest BCUT2D eigenvalue weighted by atomic mass is 16.5. The molecule has 120 valence electrons. The van der Waals surface area contributed by atoms with E-state index in [1.165, 1.54) is 12.7 Å². The Kier molecular flexibility index (Phi) is 3.27. The Morgan fingerprint density at radius 1 is 1.39 bits per heavy atom. The second-order valence-corrected chi connectivity index (χ2v) is 6.42. The number of esters is 1. The summed E-state index contributed by atoms with van der Waals surface area (Å²) in [7, 11) is 1.36. The van der Waals surface area contributed by atoms with Crippen LogP contribution in [0.15, 0.2) is 42.5 Å². The van der Waals surface area contributed by atoms with Gasteiger partial charge in [-0.3, -0.25) is 9.59 Å². The average molecular weight is 313 g/mol. The fourth-order valence-electron chi connectivity index (χ4n) is 4.08. The number of carbonyl (C=O) groups is 2. The van der Waals surface area contributed by atoms with Crippen LogP contribution >= 0.6 is 0 Å². The van der Waals surface area contributed by atoms with Crippen molar-refractivity contribution in [3.63, 3.8) is 0 Å². The van der Waals surface area contributed by atoms with Gasteiger partial charge in [0.2, 0.25) is 5.91 Å². The molecule has 0 saturated carbocycles. The fraction of sp³-hybridized carbons (Fsp3) is 0.444. The maximum absolute atomic E-state index is 12.8. The van der Waals surface area contributed by atoms with E-state index in [4.69, 9.17) is 9.47 Å². The molecule has 1 aromatic rings. The van der Waals surface area contributed by atoms with Crippen molar-refractivity contribution in [3.05, 3.63) is 48.0 Å². The van der Waals surface area contributed by atoms with Crippen molar-refractivity contribution in [2.45, 2.75) is 18.1 Å². The summed E-state index contributed by atoms with van der Waals surface area (Å²) >= 11 is 0. The van der Waals surface area contributed by atoms with Crippen molar-refractivity contribution in [1.82, 2.24) is 4.90 Å². The maximum atomic E-state index is 12.8. The van der Waals surface area contributed by atoms with Crippen LogP contribution in [0.2, 0.25) is 0 Å². The number of hydrogen-bond donors (Lipinski definition) is 0. The van der Waals surface area contributed by atoms with E-state index >= 15 is 0 Å². The van der Waals surface area contributed by atoms with Gasteiger partial charge < -0.3 is 14.4 Å². The quantitative estimate of drug-likeness (QED) is 0.619.